The van der Waals surface area contributed by atoms with Crippen LogP contribution in [-0.2, 0) is 13.5 Å². The van der Waals surface area contributed by atoms with Gasteiger partial charge in [-0.1, -0.05) is 11.8 Å². The highest BCUT2D eigenvalue weighted by molar-refractivity contribution is 7.98. The Kier molecular flexibility index (Phi) is 4.01. The molecule has 0 amide bonds. The van der Waals surface area contributed by atoms with E-state index in [1.807, 2.05) is 13.2 Å². The molecule has 1 aromatic rings. The summed E-state index contributed by atoms with van der Waals surface area (Å²) in [5, 5.41) is 0.742. The van der Waals surface area contributed by atoms with E-state index < -0.39 is 0 Å². The Balaban J connectivity index is 3.34. The van der Waals surface area contributed by atoms with Gasteiger partial charge in [0.25, 0.3) is 5.56 Å². The molecule has 0 unspecified atom stereocenters. The summed E-state index contributed by atoms with van der Waals surface area (Å²) in [4.78, 5) is 16.1. The van der Waals surface area contributed by atoms with Crippen molar-refractivity contribution in [2.24, 2.45) is 7.05 Å². The number of nitrogens with zero attached hydrogens (tertiary/aromatic N) is 2. The third kappa shape index (κ3) is 2.12. The van der Waals surface area contributed by atoms with Gasteiger partial charge in [-0.05, 0) is 19.6 Å². The van der Waals surface area contributed by atoms with E-state index in [9.17, 15) is 4.79 Å². The van der Waals surface area contributed by atoms with Crippen molar-refractivity contribution < 1.29 is 0 Å². The van der Waals surface area contributed by atoms with E-state index in [2.05, 4.69) is 4.98 Å². The van der Waals surface area contributed by atoms with Crippen molar-refractivity contribution >= 4 is 23.4 Å². The van der Waals surface area contributed by atoms with E-state index in [0.717, 1.165) is 16.4 Å². The number of aromatic nitrogens is 2. The molecule has 0 atom stereocenters. The highest BCUT2D eigenvalue weighted by Gasteiger charge is 2.10. The van der Waals surface area contributed by atoms with Gasteiger partial charge < -0.3 is 0 Å². The van der Waals surface area contributed by atoms with E-state index in [-0.39, 0.29) is 5.56 Å². The van der Waals surface area contributed by atoms with Crippen LogP contribution < -0.4 is 5.56 Å². The van der Waals surface area contributed by atoms with Crippen molar-refractivity contribution in [1.82, 2.24) is 9.55 Å². The van der Waals surface area contributed by atoms with Crippen molar-refractivity contribution in [2.75, 3.05) is 12.1 Å². The third-order valence-corrected chi connectivity index (χ3v) is 3.00. The molecule has 5 heteroatoms. The lowest BCUT2D eigenvalue weighted by Crippen LogP contribution is -2.25. The summed E-state index contributed by atoms with van der Waals surface area (Å²) < 4.78 is 1.57. The number of thioether (sulfide) groups is 1. The van der Waals surface area contributed by atoms with Crippen LogP contribution in [0.3, 0.4) is 0 Å². The molecule has 0 aliphatic carbocycles. The molecule has 1 heterocycles. The summed E-state index contributed by atoms with van der Waals surface area (Å²) in [5.41, 5.74) is 1.53. The standard InChI is InChI=1S/C9H13ClN2OS/c1-6-7(4-5-10)8(13)12(2)9(11-6)14-3/h4-5H2,1-3H3. The maximum Gasteiger partial charge on any atom is 0.257 e. The summed E-state index contributed by atoms with van der Waals surface area (Å²) in [5.74, 6) is 0.455. The zero-order valence-electron chi connectivity index (χ0n) is 8.50. The van der Waals surface area contributed by atoms with Gasteiger partial charge in [-0.3, -0.25) is 9.36 Å². The van der Waals surface area contributed by atoms with Crippen LogP contribution >= 0.6 is 23.4 Å². The van der Waals surface area contributed by atoms with Crippen LogP contribution in [0.2, 0.25) is 0 Å². The molecule has 0 saturated carbocycles. The van der Waals surface area contributed by atoms with Crippen LogP contribution in [0.5, 0.6) is 0 Å². The Morgan fingerprint density at radius 2 is 2.21 bits per heavy atom. The first-order valence-corrected chi connectivity index (χ1v) is 6.04. The maximum atomic E-state index is 11.8. The molecule has 3 nitrogen and oxygen atoms in total. The molecule has 78 valence electrons. The van der Waals surface area contributed by atoms with E-state index in [1.165, 1.54) is 11.8 Å². The van der Waals surface area contributed by atoms with Crippen molar-refractivity contribution in [3.8, 4) is 0 Å². The first-order chi connectivity index (χ1) is 6.61. The van der Waals surface area contributed by atoms with Gasteiger partial charge in [0.1, 0.15) is 0 Å². The summed E-state index contributed by atoms with van der Waals surface area (Å²) >= 11 is 7.09. The Hall–Kier alpha value is -0.480. The van der Waals surface area contributed by atoms with Gasteiger partial charge in [-0.2, -0.15) is 0 Å². The fourth-order valence-electron chi connectivity index (χ4n) is 1.29. The summed E-state index contributed by atoms with van der Waals surface area (Å²) in [6.45, 7) is 1.85. The topological polar surface area (TPSA) is 34.9 Å². The normalized spacial score (nSPS) is 10.6. The molecule has 0 aromatic carbocycles. The van der Waals surface area contributed by atoms with Crippen LogP contribution in [0.15, 0.2) is 9.95 Å². The number of hydrogen-bond acceptors (Lipinski definition) is 3. The zero-order chi connectivity index (χ0) is 10.7. The molecular formula is C9H13ClN2OS. The second kappa shape index (κ2) is 4.84. The minimum atomic E-state index is 0.0162. The molecule has 0 fully saturated rings. The van der Waals surface area contributed by atoms with E-state index >= 15 is 0 Å². The van der Waals surface area contributed by atoms with Gasteiger partial charge >= 0.3 is 0 Å². The molecule has 0 bridgehead atoms. The SMILES string of the molecule is CSc1nc(C)c(CCCl)c(=O)n1C. The molecule has 0 saturated heterocycles. The fraction of sp³-hybridized carbons (Fsp3) is 0.556. The molecule has 0 radical (unpaired) electrons. The fourth-order valence-corrected chi connectivity index (χ4v) is 2.07. The second-order valence-corrected chi connectivity index (χ2v) is 4.12. The van der Waals surface area contributed by atoms with E-state index in [1.54, 1.807) is 11.6 Å². The van der Waals surface area contributed by atoms with Crippen LogP contribution in [0.4, 0.5) is 0 Å². The predicted molar refractivity (Wildman–Crippen MR) is 60.4 cm³/mol. The average molecular weight is 233 g/mol. The highest BCUT2D eigenvalue weighted by atomic mass is 35.5. The number of halogens is 1. The molecule has 0 aliphatic heterocycles. The van der Waals surface area contributed by atoms with Crippen molar-refractivity contribution in [2.45, 2.75) is 18.5 Å². The molecule has 0 N–H and O–H groups in total. The smallest absolute Gasteiger partial charge is 0.257 e. The molecule has 0 spiro atoms. The lowest BCUT2D eigenvalue weighted by atomic mass is 10.2. The average Bonchev–Trinajstić information content (AvgIpc) is 2.18. The molecular weight excluding hydrogens is 220 g/mol. The third-order valence-electron chi connectivity index (χ3n) is 2.08. The first kappa shape index (κ1) is 11.6. The van der Waals surface area contributed by atoms with Gasteiger partial charge in [-0.25, -0.2) is 4.98 Å². The van der Waals surface area contributed by atoms with Gasteiger partial charge in [0.2, 0.25) is 0 Å². The monoisotopic (exact) mass is 232 g/mol. The Bertz CT molecular complexity index is 389. The quantitative estimate of drug-likeness (QED) is 0.451. The number of alkyl halides is 1. The molecule has 1 rings (SSSR count). The van der Waals surface area contributed by atoms with Gasteiger partial charge in [0.05, 0.1) is 0 Å². The Morgan fingerprint density at radius 3 is 2.71 bits per heavy atom. The summed E-state index contributed by atoms with van der Waals surface area (Å²) in [7, 11) is 1.73. The van der Waals surface area contributed by atoms with Crippen LogP contribution in [0, 0.1) is 6.92 Å². The Labute approximate surface area is 92.5 Å². The second-order valence-electron chi connectivity index (χ2n) is 2.97. The van der Waals surface area contributed by atoms with Crippen LogP contribution in [0.25, 0.3) is 0 Å². The van der Waals surface area contributed by atoms with Crippen LogP contribution in [0.1, 0.15) is 11.3 Å². The van der Waals surface area contributed by atoms with E-state index in [0.29, 0.717) is 12.3 Å². The van der Waals surface area contributed by atoms with Crippen molar-refractivity contribution in [1.29, 1.82) is 0 Å². The first-order valence-electron chi connectivity index (χ1n) is 4.28. The Morgan fingerprint density at radius 1 is 1.57 bits per heavy atom. The van der Waals surface area contributed by atoms with E-state index in [4.69, 9.17) is 11.6 Å². The minimum Gasteiger partial charge on any atom is -0.291 e. The highest BCUT2D eigenvalue weighted by Crippen LogP contribution is 2.11. The molecule has 1 aromatic heterocycles. The number of aryl methyl sites for hydroxylation is 1. The van der Waals surface area contributed by atoms with Crippen LogP contribution in [-0.4, -0.2) is 21.7 Å². The number of hydrogen-bond donors (Lipinski definition) is 0. The lowest BCUT2D eigenvalue weighted by molar-refractivity contribution is 0.683. The zero-order valence-corrected chi connectivity index (χ0v) is 10.1. The van der Waals surface area contributed by atoms with Crippen molar-refractivity contribution in [3.63, 3.8) is 0 Å². The summed E-state index contributed by atoms with van der Waals surface area (Å²) in [6.07, 6.45) is 2.49. The van der Waals surface area contributed by atoms with Gasteiger partial charge in [0, 0.05) is 24.2 Å². The van der Waals surface area contributed by atoms with Gasteiger partial charge in [0.15, 0.2) is 5.16 Å². The maximum absolute atomic E-state index is 11.8. The predicted octanol–water partition coefficient (Wildman–Crippen LogP) is 1.59. The molecule has 14 heavy (non-hydrogen) atoms. The van der Waals surface area contributed by atoms with Gasteiger partial charge in [-0.15, -0.1) is 11.6 Å². The number of rotatable bonds is 3. The minimum absolute atomic E-state index is 0.0162. The molecule has 0 aliphatic rings. The van der Waals surface area contributed by atoms with Crippen molar-refractivity contribution in [3.05, 3.63) is 21.6 Å². The summed E-state index contributed by atoms with van der Waals surface area (Å²) in [6, 6.07) is 0. The largest absolute Gasteiger partial charge is 0.291 e. The lowest BCUT2D eigenvalue weighted by Gasteiger charge is -2.09.